The second-order valence-electron chi connectivity index (χ2n) is 7.83. The fourth-order valence-electron chi connectivity index (χ4n) is 3.72. The summed E-state index contributed by atoms with van der Waals surface area (Å²) in [5.41, 5.74) is 1.87. The topological polar surface area (TPSA) is 118 Å². The van der Waals surface area contributed by atoms with Gasteiger partial charge in [0.1, 0.15) is 5.82 Å². The first-order chi connectivity index (χ1) is 15.5. The minimum absolute atomic E-state index is 0.0709. The fraction of sp³-hybridized carbons (Fsp3) is 0.364. The quantitative estimate of drug-likeness (QED) is 0.402. The van der Waals surface area contributed by atoms with E-state index in [0.29, 0.717) is 18.8 Å². The van der Waals surface area contributed by atoms with E-state index in [0.717, 1.165) is 56.3 Å². The van der Waals surface area contributed by atoms with Crippen LogP contribution in [-0.4, -0.2) is 67.4 Å². The number of nitrogens with two attached hydrogens (primary N) is 1. The van der Waals surface area contributed by atoms with E-state index < -0.39 is 10.0 Å². The van der Waals surface area contributed by atoms with Crippen molar-refractivity contribution in [3.63, 3.8) is 0 Å². The van der Waals surface area contributed by atoms with E-state index in [4.69, 9.17) is 15.2 Å². The molecule has 4 N–H and O–H groups in total. The van der Waals surface area contributed by atoms with Crippen molar-refractivity contribution in [2.75, 3.05) is 39.3 Å². The molecule has 1 aliphatic rings. The molecule has 3 aromatic rings. The number of aromatic nitrogens is 3. The monoisotopic (exact) mass is 455 g/mol. The van der Waals surface area contributed by atoms with Crippen molar-refractivity contribution in [2.24, 2.45) is 5.14 Å². The Kier molecular flexibility index (Phi) is 7.28. The predicted molar refractivity (Wildman–Crippen MR) is 123 cm³/mol. The van der Waals surface area contributed by atoms with Crippen molar-refractivity contribution in [3.05, 3.63) is 71.8 Å². The van der Waals surface area contributed by atoms with Gasteiger partial charge in [0, 0.05) is 45.7 Å². The summed E-state index contributed by atoms with van der Waals surface area (Å²) in [7, 11) is -3.74. The van der Waals surface area contributed by atoms with Crippen LogP contribution in [0.2, 0.25) is 0 Å². The van der Waals surface area contributed by atoms with Crippen LogP contribution in [0.5, 0.6) is 0 Å². The zero-order valence-corrected chi connectivity index (χ0v) is 18.8. The second-order valence-corrected chi connectivity index (χ2v) is 9.39. The highest BCUT2D eigenvalue weighted by Gasteiger charge is 2.14. The van der Waals surface area contributed by atoms with Crippen molar-refractivity contribution >= 4 is 10.0 Å². The molecule has 0 saturated carbocycles. The van der Waals surface area contributed by atoms with Crippen LogP contribution in [0.25, 0.3) is 5.69 Å². The van der Waals surface area contributed by atoms with Crippen molar-refractivity contribution in [2.45, 2.75) is 17.9 Å². The molecule has 1 saturated heterocycles. The van der Waals surface area contributed by atoms with E-state index in [1.807, 2.05) is 30.3 Å². The lowest BCUT2D eigenvalue weighted by molar-refractivity contribution is 0.240. The SMILES string of the molecule is NS(=O)(=O)c1ccc(-n2nc(Cc3ccccc3)nc2CNCCN2CCNCC2)cc1. The molecule has 10 heteroatoms. The zero-order valence-electron chi connectivity index (χ0n) is 17.9. The van der Waals surface area contributed by atoms with Crippen LogP contribution in [0.3, 0.4) is 0 Å². The van der Waals surface area contributed by atoms with Gasteiger partial charge in [0.05, 0.1) is 17.1 Å². The van der Waals surface area contributed by atoms with E-state index in [9.17, 15) is 8.42 Å². The summed E-state index contributed by atoms with van der Waals surface area (Å²) >= 11 is 0. The van der Waals surface area contributed by atoms with Crippen molar-refractivity contribution in [1.29, 1.82) is 0 Å². The maximum absolute atomic E-state index is 11.6. The highest BCUT2D eigenvalue weighted by molar-refractivity contribution is 7.89. The normalized spacial score (nSPS) is 15.2. The number of hydrogen-bond donors (Lipinski definition) is 3. The van der Waals surface area contributed by atoms with Crippen LogP contribution < -0.4 is 15.8 Å². The van der Waals surface area contributed by atoms with Crippen LogP contribution in [-0.2, 0) is 23.0 Å². The number of nitrogens with one attached hydrogen (secondary N) is 2. The van der Waals surface area contributed by atoms with Crippen molar-refractivity contribution in [3.8, 4) is 5.69 Å². The maximum Gasteiger partial charge on any atom is 0.238 e. The Bertz CT molecular complexity index is 1110. The van der Waals surface area contributed by atoms with E-state index in [1.54, 1.807) is 16.8 Å². The van der Waals surface area contributed by atoms with Gasteiger partial charge in [-0.15, -0.1) is 0 Å². The minimum Gasteiger partial charge on any atom is -0.314 e. The van der Waals surface area contributed by atoms with Gasteiger partial charge >= 0.3 is 0 Å². The first-order valence-corrected chi connectivity index (χ1v) is 12.3. The Morgan fingerprint density at radius 3 is 2.44 bits per heavy atom. The third kappa shape index (κ3) is 5.99. The maximum atomic E-state index is 11.6. The summed E-state index contributed by atoms with van der Waals surface area (Å²) < 4.78 is 24.9. The lowest BCUT2D eigenvalue weighted by Crippen LogP contribution is -2.45. The van der Waals surface area contributed by atoms with Crippen molar-refractivity contribution in [1.82, 2.24) is 30.3 Å². The molecule has 4 rings (SSSR count). The highest BCUT2D eigenvalue weighted by Crippen LogP contribution is 2.15. The summed E-state index contributed by atoms with van der Waals surface area (Å²) in [4.78, 5) is 7.26. The van der Waals surface area contributed by atoms with Crippen LogP contribution in [0.15, 0.2) is 59.5 Å². The van der Waals surface area contributed by atoms with Crippen LogP contribution in [0.4, 0.5) is 0 Å². The number of rotatable bonds is 9. The first kappa shape index (κ1) is 22.6. The summed E-state index contributed by atoms with van der Waals surface area (Å²) in [6.45, 7) is 6.59. The van der Waals surface area contributed by atoms with E-state index in [2.05, 4.69) is 15.5 Å². The first-order valence-electron chi connectivity index (χ1n) is 10.7. The molecule has 0 radical (unpaired) electrons. The Labute approximate surface area is 188 Å². The molecule has 0 amide bonds. The second kappa shape index (κ2) is 10.3. The molecular formula is C22H29N7O2S. The van der Waals surface area contributed by atoms with E-state index >= 15 is 0 Å². The summed E-state index contributed by atoms with van der Waals surface area (Å²) in [5, 5.41) is 16.8. The summed E-state index contributed by atoms with van der Waals surface area (Å²) in [5.74, 6) is 1.49. The van der Waals surface area contributed by atoms with Gasteiger partial charge in [-0.3, -0.25) is 4.90 Å². The van der Waals surface area contributed by atoms with Gasteiger partial charge in [-0.05, 0) is 29.8 Å². The third-order valence-electron chi connectivity index (χ3n) is 5.43. The molecule has 9 nitrogen and oxygen atoms in total. The predicted octanol–water partition coefficient (Wildman–Crippen LogP) is 0.500. The average Bonchev–Trinajstić information content (AvgIpc) is 3.20. The molecule has 0 aliphatic carbocycles. The Morgan fingerprint density at radius 1 is 1.03 bits per heavy atom. The van der Waals surface area contributed by atoms with E-state index in [1.165, 1.54) is 12.1 Å². The zero-order chi connectivity index (χ0) is 22.4. The van der Waals surface area contributed by atoms with E-state index in [-0.39, 0.29) is 4.90 Å². The largest absolute Gasteiger partial charge is 0.314 e. The van der Waals surface area contributed by atoms with Gasteiger partial charge in [-0.1, -0.05) is 30.3 Å². The molecule has 170 valence electrons. The minimum atomic E-state index is -3.74. The van der Waals surface area contributed by atoms with Crippen LogP contribution in [0.1, 0.15) is 17.2 Å². The molecule has 2 aromatic carbocycles. The molecule has 2 heterocycles. The summed E-state index contributed by atoms with van der Waals surface area (Å²) in [6, 6.07) is 16.5. The van der Waals surface area contributed by atoms with Crippen LogP contribution in [0, 0.1) is 0 Å². The molecule has 0 bridgehead atoms. The lowest BCUT2D eigenvalue weighted by Gasteiger charge is -2.27. The highest BCUT2D eigenvalue weighted by atomic mass is 32.2. The molecule has 1 fully saturated rings. The van der Waals surface area contributed by atoms with Gasteiger partial charge < -0.3 is 10.6 Å². The number of benzene rings is 2. The smallest absolute Gasteiger partial charge is 0.238 e. The number of sulfonamides is 1. The number of hydrogen-bond acceptors (Lipinski definition) is 7. The van der Waals surface area contributed by atoms with Gasteiger partial charge in [0.15, 0.2) is 5.82 Å². The number of nitrogens with zero attached hydrogens (tertiary/aromatic N) is 4. The standard InChI is InChI=1S/C22H29N7O2S/c23-32(30,31)20-8-6-19(7-9-20)29-22(17-25-12-15-28-13-10-24-11-14-28)26-21(27-29)16-18-4-2-1-3-5-18/h1-9,24-25H,10-17H2,(H2,23,30,31). The molecule has 1 aromatic heterocycles. The third-order valence-corrected chi connectivity index (χ3v) is 6.36. The van der Waals surface area contributed by atoms with Crippen molar-refractivity contribution < 1.29 is 8.42 Å². The number of primary sulfonamides is 1. The molecule has 0 atom stereocenters. The van der Waals surface area contributed by atoms with Gasteiger partial charge in [0.2, 0.25) is 10.0 Å². The molecule has 1 aliphatic heterocycles. The lowest BCUT2D eigenvalue weighted by atomic mass is 10.1. The van der Waals surface area contributed by atoms with Gasteiger partial charge in [-0.2, -0.15) is 5.10 Å². The van der Waals surface area contributed by atoms with Crippen LogP contribution >= 0.6 is 0 Å². The summed E-state index contributed by atoms with van der Waals surface area (Å²) in [6.07, 6.45) is 0.622. The molecule has 0 unspecified atom stereocenters. The Balaban J connectivity index is 1.50. The molecule has 32 heavy (non-hydrogen) atoms. The fourth-order valence-corrected chi connectivity index (χ4v) is 4.23. The van der Waals surface area contributed by atoms with Gasteiger partial charge in [-0.25, -0.2) is 23.2 Å². The van der Waals surface area contributed by atoms with Gasteiger partial charge in [0.25, 0.3) is 0 Å². The Hall–Kier alpha value is -2.63. The molecule has 0 spiro atoms. The average molecular weight is 456 g/mol. The number of piperazine rings is 1. The Morgan fingerprint density at radius 2 is 1.75 bits per heavy atom. The molecular weight excluding hydrogens is 426 g/mol.